The number of aromatic hydroxyl groups is 2. The molecule has 0 aromatic heterocycles. The summed E-state index contributed by atoms with van der Waals surface area (Å²) in [7, 11) is 0. The Labute approximate surface area is 255 Å². The van der Waals surface area contributed by atoms with Crippen LogP contribution in [0.15, 0.2) is 34.3 Å². The highest BCUT2D eigenvalue weighted by molar-refractivity contribution is 6.10. The second kappa shape index (κ2) is 18.6. The van der Waals surface area contributed by atoms with Crippen LogP contribution < -0.4 is 0 Å². The molecule has 0 heterocycles. The van der Waals surface area contributed by atoms with E-state index in [0.29, 0.717) is 11.5 Å². The minimum atomic E-state index is 0.292. The zero-order chi connectivity index (χ0) is 30.2. The van der Waals surface area contributed by atoms with Gasteiger partial charge in [0.1, 0.15) is 11.5 Å². The maximum absolute atomic E-state index is 11.2. The van der Waals surface area contributed by atoms with Crippen LogP contribution in [0, 0.1) is 0 Å². The Bertz CT molecular complexity index is 1210. The maximum Gasteiger partial charge on any atom is 0.124 e. The van der Waals surface area contributed by atoms with Crippen molar-refractivity contribution in [2.75, 3.05) is 13.1 Å². The first kappa shape index (κ1) is 33.6. The molecule has 0 aliphatic carbocycles. The van der Waals surface area contributed by atoms with Gasteiger partial charge in [0.15, 0.2) is 0 Å². The van der Waals surface area contributed by atoms with Crippen LogP contribution >= 0.6 is 0 Å². The summed E-state index contributed by atoms with van der Waals surface area (Å²) in [6, 6.07) is 8.26. The molecule has 0 saturated heterocycles. The zero-order valence-electron chi connectivity index (χ0n) is 27.0. The van der Waals surface area contributed by atoms with Gasteiger partial charge >= 0.3 is 0 Å². The molecule has 0 aliphatic rings. The summed E-state index contributed by atoms with van der Waals surface area (Å²) < 4.78 is 0. The van der Waals surface area contributed by atoms with E-state index in [9.17, 15) is 10.2 Å². The summed E-state index contributed by atoms with van der Waals surface area (Å²) >= 11 is 0. The number of phenols is 2. The average molecular weight is 573 g/mol. The number of aryl methyl sites for hydroxylation is 2. The molecule has 4 heteroatoms. The number of unbranched alkanes of at least 4 members (excludes halogenated alkanes) is 10. The smallest absolute Gasteiger partial charge is 0.124 e. The summed E-state index contributed by atoms with van der Waals surface area (Å²) in [5.41, 5.74) is 4.11. The summed E-state index contributed by atoms with van der Waals surface area (Å²) in [5.74, 6) is 0.583. The van der Waals surface area contributed by atoms with Crippen molar-refractivity contribution in [1.29, 1.82) is 0 Å². The van der Waals surface area contributed by atoms with Gasteiger partial charge in [0.05, 0.1) is 0 Å². The Morgan fingerprint density at radius 3 is 1.21 bits per heavy atom. The third-order valence-electron chi connectivity index (χ3n) is 8.36. The highest BCUT2D eigenvalue weighted by Crippen LogP contribution is 2.40. The van der Waals surface area contributed by atoms with Crippen molar-refractivity contribution >= 4 is 34.0 Å². The van der Waals surface area contributed by atoms with Crippen LogP contribution in [0.4, 0.5) is 0 Å². The van der Waals surface area contributed by atoms with Crippen molar-refractivity contribution < 1.29 is 10.2 Å². The average Bonchev–Trinajstić information content (AvgIpc) is 2.98. The Kier molecular flexibility index (Phi) is 14.9. The molecule has 0 bridgehead atoms. The van der Waals surface area contributed by atoms with Gasteiger partial charge in [-0.2, -0.15) is 0 Å². The van der Waals surface area contributed by atoms with Crippen molar-refractivity contribution in [2.24, 2.45) is 9.98 Å². The molecule has 3 aromatic rings. The summed E-state index contributed by atoms with van der Waals surface area (Å²) in [5, 5.41) is 27.0. The van der Waals surface area contributed by atoms with E-state index in [0.717, 1.165) is 73.5 Å². The molecular weight excluding hydrogens is 516 g/mol. The van der Waals surface area contributed by atoms with Crippen molar-refractivity contribution in [1.82, 2.24) is 0 Å². The molecule has 0 amide bonds. The summed E-state index contributed by atoms with van der Waals surface area (Å²) in [6.45, 7) is 10.2. The molecule has 42 heavy (non-hydrogen) atoms. The van der Waals surface area contributed by atoms with Gasteiger partial charge in [0.2, 0.25) is 0 Å². The molecule has 0 atom stereocenters. The molecule has 0 spiro atoms. The van der Waals surface area contributed by atoms with Gasteiger partial charge < -0.3 is 10.2 Å². The van der Waals surface area contributed by atoms with Gasteiger partial charge in [-0.3, -0.25) is 9.98 Å². The molecule has 0 fully saturated rings. The fourth-order valence-corrected chi connectivity index (χ4v) is 5.99. The van der Waals surface area contributed by atoms with Gasteiger partial charge in [-0.05, 0) is 95.5 Å². The molecule has 4 nitrogen and oxygen atoms in total. The minimum Gasteiger partial charge on any atom is -0.507 e. The standard InChI is InChI=1S/C38H56N2O2/c1-5-9-11-13-15-17-19-31-33-23-29(27-39-21-7-3)38(42)26-36(33)32(20-18-16-14-12-10-6-2)34-24-30(28-40-22-8-4)37(41)25-35(31)34/h23-28,41-42H,5-22H2,1-4H3. The second-order valence-electron chi connectivity index (χ2n) is 12.0. The molecule has 230 valence electrons. The van der Waals surface area contributed by atoms with Crippen LogP contribution in [0.25, 0.3) is 21.5 Å². The van der Waals surface area contributed by atoms with Crippen molar-refractivity contribution in [3.8, 4) is 11.5 Å². The lowest BCUT2D eigenvalue weighted by atomic mass is 9.85. The van der Waals surface area contributed by atoms with E-state index in [1.165, 1.54) is 86.1 Å². The van der Waals surface area contributed by atoms with E-state index in [2.05, 4.69) is 49.8 Å². The number of nitrogens with zero attached hydrogens (tertiary/aromatic N) is 2. The molecular formula is C38H56N2O2. The SMILES string of the molecule is CCCCCCCCc1c2cc(O)c(C=NCCC)cc2c(CCCCCCCC)c2cc(O)c(C=NCCC)cc12. The largest absolute Gasteiger partial charge is 0.507 e. The number of rotatable bonds is 20. The first-order chi connectivity index (χ1) is 20.5. The van der Waals surface area contributed by atoms with Crippen LogP contribution in [-0.4, -0.2) is 35.7 Å². The second-order valence-corrected chi connectivity index (χ2v) is 12.0. The predicted octanol–water partition coefficient (Wildman–Crippen LogP) is 10.9. The van der Waals surface area contributed by atoms with E-state index in [-0.39, 0.29) is 0 Å². The minimum absolute atomic E-state index is 0.292. The van der Waals surface area contributed by atoms with E-state index >= 15 is 0 Å². The van der Waals surface area contributed by atoms with Gasteiger partial charge in [0, 0.05) is 36.6 Å². The first-order valence-corrected chi connectivity index (χ1v) is 17.0. The quantitative estimate of drug-likeness (QED) is 0.0803. The van der Waals surface area contributed by atoms with Gasteiger partial charge in [-0.1, -0.05) is 91.9 Å². The number of benzene rings is 3. The van der Waals surface area contributed by atoms with E-state index in [1.54, 1.807) is 0 Å². The molecule has 0 radical (unpaired) electrons. The fraction of sp³-hybridized carbons (Fsp3) is 0.579. The van der Waals surface area contributed by atoms with E-state index in [4.69, 9.17) is 0 Å². The van der Waals surface area contributed by atoms with Crippen molar-refractivity contribution in [2.45, 2.75) is 130 Å². The highest BCUT2D eigenvalue weighted by Gasteiger charge is 2.18. The summed E-state index contributed by atoms with van der Waals surface area (Å²) in [4.78, 5) is 9.11. The van der Waals surface area contributed by atoms with Gasteiger partial charge in [0.25, 0.3) is 0 Å². The molecule has 2 N–H and O–H groups in total. The Morgan fingerprint density at radius 2 is 0.833 bits per heavy atom. The van der Waals surface area contributed by atoms with Crippen molar-refractivity contribution in [3.63, 3.8) is 0 Å². The lowest BCUT2D eigenvalue weighted by Crippen LogP contribution is -2.00. The molecule has 0 unspecified atom stereocenters. The third kappa shape index (κ3) is 9.57. The molecule has 0 aliphatic heterocycles. The number of hydrogen-bond acceptors (Lipinski definition) is 4. The third-order valence-corrected chi connectivity index (χ3v) is 8.36. The molecule has 0 saturated carbocycles. The van der Waals surface area contributed by atoms with Crippen LogP contribution in [0.5, 0.6) is 11.5 Å². The number of fused-ring (bicyclic) bond motifs is 2. The number of phenolic OH excluding ortho intramolecular Hbond substituents is 2. The monoisotopic (exact) mass is 572 g/mol. The van der Waals surface area contributed by atoms with Crippen molar-refractivity contribution in [3.05, 3.63) is 46.5 Å². The first-order valence-electron chi connectivity index (χ1n) is 17.0. The number of hydrogen-bond donors (Lipinski definition) is 2. The van der Waals surface area contributed by atoms with Crippen LogP contribution in [0.3, 0.4) is 0 Å². The van der Waals surface area contributed by atoms with Gasteiger partial charge in [-0.15, -0.1) is 0 Å². The van der Waals surface area contributed by atoms with Crippen LogP contribution in [0.1, 0.15) is 140 Å². The normalized spacial score (nSPS) is 12.1. The van der Waals surface area contributed by atoms with Gasteiger partial charge in [-0.25, -0.2) is 0 Å². The number of aliphatic imine (C=N–C) groups is 2. The Balaban J connectivity index is 2.17. The lowest BCUT2D eigenvalue weighted by Gasteiger charge is -2.19. The topological polar surface area (TPSA) is 65.2 Å². The van der Waals surface area contributed by atoms with Crippen LogP contribution in [-0.2, 0) is 12.8 Å². The Hall–Kier alpha value is -2.88. The van der Waals surface area contributed by atoms with E-state index < -0.39 is 0 Å². The Morgan fingerprint density at radius 1 is 0.476 bits per heavy atom. The molecule has 3 rings (SSSR count). The zero-order valence-corrected chi connectivity index (χ0v) is 27.0. The maximum atomic E-state index is 11.2. The predicted molar refractivity (Wildman–Crippen MR) is 184 cm³/mol. The highest BCUT2D eigenvalue weighted by atomic mass is 16.3. The summed E-state index contributed by atoms with van der Waals surface area (Å²) in [6.07, 6.45) is 22.4. The fourth-order valence-electron chi connectivity index (χ4n) is 5.99. The molecule has 3 aromatic carbocycles. The lowest BCUT2D eigenvalue weighted by molar-refractivity contribution is 0.474. The van der Waals surface area contributed by atoms with Crippen LogP contribution in [0.2, 0.25) is 0 Å². The van der Waals surface area contributed by atoms with E-state index in [1.807, 2.05) is 24.6 Å².